The van der Waals surface area contributed by atoms with Crippen molar-refractivity contribution >= 4 is 23.6 Å². The fraction of sp³-hybridized carbons (Fsp3) is 0.125. The lowest BCUT2D eigenvalue weighted by molar-refractivity contribution is -0.132. The van der Waals surface area contributed by atoms with Crippen molar-refractivity contribution < 1.29 is 19.7 Å². The quantitative estimate of drug-likeness (QED) is 0.832. The zero-order chi connectivity index (χ0) is 16.3. The number of aliphatic carboxylic acids is 1. The molecule has 1 aromatic carbocycles. The van der Waals surface area contributed by atoms with E-state index in [1.54, 1.807) is 19.1 Å². The third kappa shape index (κ3) is 3.77. The summed E-state index contributed by atoms with van der Waals surface area (Å²) >= 11 is 6.20. The van der Waals surface area contributed by atoms with Gasteiger partial charge in [-0.1, -0.05) is 11.6 Å². The smallest absolute Gasteiger partial charge is 0.331 e. The fourth-order valence-electron chi connectivity index (χ4n) is 1.82. The second-order valence-electron chi connectivity index (χ2n) is 4.74. The molecule has 0 saturated heterocycles. The Hall–Kier alpha value is -2.53. The highest BCUT2D eigenvalue weighted by molar-refractivity contribution is 6.32. The van der Waals surface area contributed by atoms with Crippen molar-refractivity contribution in [2.24, 2.45) is 0 Å². The van der Waals surface area contributed by atoms with Gasteiger partial charge < -0.3 is 14.9 Å². The Kier molecular flexibility index (Phi) is 4.68. The van der Waals surface area contributed by atoms with Crippen molar-refractivity contribution in [1.82, 2.24) is 4.98 Å². The van der Waals surface area contributed by atoms with E-state index in [1.807, 2.05) is 0 Å². The Bertz CT molecular complexity index is 715. The molecule has 0 atom stereocenters. The number of ether oxygens (including phenoxy) is 1. The molecule has 0 saturated carbocycles. The number of halogens is 1. The number of hydrogen-bond donors (Lipinski definition) is 2. The number of carboxylic acid groups (broad SMARTS) is 1. The van der Waals surface area contributed by atoms with Gasteiger partial charge in [-0.15, -0.1) is 0 Å². The lowest BCUT2D eigenvalue weighted by atomic mass is 10.1. The van der Waals surface area contributed by atoms with E-state index in [1.165, 1.54) is 31.3 Å². The van der Waals surface area contributed by atoms with Crippen molar-refractivity contribution in [3.05, 3.63) is 52.2 Å². The molecule has 0 unspecified atom stereocenters. The molecule has 22 heavy (non-hydrogen) atoms. The summed E-state index contributed by atoms with van der Waals surface area (Å²) in [5.41, 5.74) is 1.63. The zero-order valence-corrected chi connectivity index (χ0v) is 12.8. The van der Waals surface area contributed by atoms with Gasteiger partial charge in [0.05, 0.1) is 11.2 Å². The van der Waals surface area contributed by atoms with Crippen molar-refractivity contribution in [1.29, 1.82) is 0 Å². The standard InChI is InChI=1S/C16H14ClNO4/c1-9-5-11(6-10(2)16(20)21)7-13(17)15(9)22-14-4-3-12(19)8-18-14/h3-8,19H,1-2H3,(H,20,21)/b10-6+. The van der Waals surface area contributed by atoms with E-state index in [0.717, 1.165) is 5.56 Å². The lowest BCUT2D eigenvalue weighted by Crippen LogP contribution is -1.96. The normalized spacial score (nSPS) is 11.3. The largest absolute Gasteiger partial charge is 0.506 e. The first kappa shape index (κ1) is 15.9. The minimum Gasteiger partial charge on any atom is -0.506 e. The minimum atomic E-state index is -0.984. The maximum atomic E-state index is 10.9. The molecule has 5 nitrogen and oxygen atoms in total. The molecule has 114 valence electrons. The van der Waals surface area contributed by atoms with Crippen molar-refractivity contribution in [3.8, 4) is 17.4 Å². The van der Waals surface area contributed by atoms with Crippen LogP contribution in [-0.2, 0) is 4.79 Å². The van der Waals surface area contributed by atoms with Crippen LogP contribution in [0, 0.1) is 6.92 Å². The first-order chi connectivity index (χ1) is 10.4. The molecular weight excluding hydrogens is 306 g/mol. The summed E-state index contributed by atoms with van der Waals surface area (Å²) in [5.74, 6) is -0.208. The van der Waals surface area contributed by atoms with Gasteiger partial charge in [0.25, 0.3) is 0 Å². The first-order valence-electron chi connectivity index (χ1n) is 6.41. The number of aryl methyl sites for hydroxylation is 1. The van der Waals surface area contributed by atoms with Crippen molar-refractivity contribution in [3.63, 3.8) is 0 Å². The maximum Gasteiger partial charge on any atom is 0.331 e. The number of pyridine rings is 1. The number of carboxylic acids is 1. The van der Waals surface area contributed by atoms with Crippen LogP contribution in [-0.4, -0.2) is 21.2 Å². The van der Waals surface area contributed by atoms with E-state index in [0.29, 0.717) is 22.2 Å². The van der Waals surface area contributed by atoms with Gasteiger partial charge in [0.1, 0.15) is 5.75 Å². The molecule has 6 heteroatoms. The highest BCUT2D eigenvalue weighted by Gasteiger charge is 2.10. The van der Waals surface area contributed by atoms with E-state index < -0.39 is 5.97 Å². The molecule has 0 spiro atoms. The maximum absolute atomic E-state index is 10.9. The molecule has 0 aliphatic rings. The topological polar surface area (TPSA) is 79.7 Å². The average Bonchev–Trinajstić information content (AvgIpc) is 2.44. The molecule has 0 aliphatic carbocycles. The van der Waals surface area contributed by atoms with Crippen LogP contribution in [0.15, 0.2) is 36.0 Å². The molecule has 0 fully saturated rings. The molecule has 0 radical (unpaired) electrons. The fourth-order valence-corrected chi connectivity index (χ4v) is 2.13. The van der Waals surface area contributed by atoms with E-state index >= 15 is 0 Å². The molecule has 1 aromatic heterocycles. The van der Waals surface area contributed by atoms with Gasteiger partial charge in [0, 0.05) is 11.6 Å². The van der Waals surface area contributed by atoms with Gasteiger partial charge in [0.2, 0.25) is 5.88 Å². The molecule has 0 aliphatic heterocycles. The SMILES string of the molecule is C/C(=C\c1cc(C)c(Oc2ccc(O)cn2)c(Cl)c1)C(=O)O. The van der Waals surface area contributed by atoms with Crippen LogP contribution in [0.5, 0.6) is 17.4 Å². The predicted octanol–water partition coefficient (Wildman–Crippen LogP) is 4.03. The van der Waals surface area contributed by atoms with E-state index in [2.05, 4.69) is 4.98 Å². The van der Waals surface area contributed by atoms with Gasteiger partial charge in [0.15, 0.2) is 5.75 Å². The monoisotopic (exact) mass is 319 g/mol. The van der Waals surface area contributed by atoms with Gasteiger partial charge >= 0.3 is 5.97 Å². The molecular formula is C16H14ClNO4. The molecule has 2 aromatic rings. The van der Waals surface area contributed by atoms with E-state index in [-0.39, 0.29) is 11.3 Å². The molecule has 2 N–H and O–H groups in total. The van der Waals surface area contributed by atoms with Crippen LogP contribution < -0.4 is 4.74 Å². The van der Waals surface area contributed by atoms with Crippen LogP contribution in [0.2, 0.25) is 5.02 Å². The summed E-state index contributed by atoms with van der Waals surface area (Å²) in [6, 6.07) is 6.37. The van der Waals surface area contributed by atoms with Gasteiger partial charge in [-0.25, -0.2) is 9.78 Å². The number of aromatic nitrogens is 1. The zero-order valence-electron chi connectivity index (χ0n) is 12.0. The van der Waals surface area contributed by atoms with Gasteiger partial charge in [-0.2, -0.15) is 0 Å². The third-order valence-corrected chi connectivity index (χ3v) is 3.18. The van der Waals surface area contributed by atoms with Crippen LogP contribution in [0.1, 0.15) is 18.1 Å². The molecule has 0 amide bonds. The van der Waals surface area contributed by atoms with Crippen LogP contribution in [0.4, 0.5) is 0 Å². The van der Waals surface area contributed by atoms with Gasteiger partial charge in [-0.3, -0.25) is 0 Å². The van der Waals surface area contributed by atoms with Gasteiger partial charge in [-0.05, 0) is 49.2 Å². The summed E-state index contributed by atoms with van der Waals surface area (Å²) in [6.07, 6.45) is 2.80. The van der Waals surface area contributed by atoms with E-state index in [4.69, 9.17) is 21.4 Å². The molecule has 1 heterocycles. The summed E-state index contributed by atoms with van der Waals surface area (Å²) in [4.78, 5) is 14.8. The number of hydrogen-bond acceptors (Lipinski definition) is 4. The lowest BCUT2D eigenvalue weighted by Gasteiger charge is -2.11. The second kappa shape index (κ2) is 6.49. The molecule has 0 bridgehead atoms. The minimum absolute atomic E-state index is 0.0415. The Morgan fingerprint density at radius 3 is 2.64 bits per heavy atom. The number of rotatable bonds is 4. The number of benzene rings is 1. The summed E-state index contributed by atoms with van der Waals surface area (Å²) in [5, 5.41) is 18.4. The predicted molar refractivity (Wildman–Crippen MR) is 83.5 cm³/mol. The highest BCUT2D eigenvalue weighted by Crippen LogP contribution is 2.34. The van der Waals surface area contributed by atoms with Crippen LogP contribution >= 0.6 is 11.6 Å². The van der Waals surface area contributed by atoms with E-state index in [9.17, 15) is 9.90 Å². The Morgan fingerprint density at radius 2 is 2.09 bits per heavy atom. The van der Waals surface area contributed by atoms with Crippen molar-refractivity contribution in [2.45, 2.75) is 13.8 Å². The van der Waals surface area contributed by atoms with Crippen LogP contribution in [0.25, 0.3) is 6.08 Å². The summed E-state index contributed by atoms with van der Waals surface area (Å²) < 4.78 is 5.61. The Balaban J connectivity index is 2.33. The number of nitrogens with zero attached hydrogens (tertiary/aromatic N) is 1. The average molecular weight is 320 g/mol. The third-order valence-electron chi connectivity index (χ3n) is 2.90. The second-order valence-corrected chi connectivity index (χ2v) is 5.15. The van der Waals surface area contributed by atoms with Crippen LogP contribution in [0.3, 0.4) is 0 Å². The van der Waals surface area contributed by atoms with Crippen molar-refractivity contribution in [2.75, 3.05) is 0 Å². The summed E-state index contributed by atoms with van der Waals surface area (Å²) in [6.45, 7) is 3.31. The number of aromatic hydroxyl groups is 1. The first-order valence-corrected chi connectivity index (χ1v) is 6.79. The molecule has 2 rings (SSSR count). The Morgan fingerprint density at radius 1 is 1.36 bits per heavy atom. The summed E-state index contributed by atoms with van der Waals surface area (Å²) in [7, 11) is 0. The Labute approximate surface area is 132 Å². The highest BCUT2D eigenvalue weighted by atomic mass is 35.5. The number of carbonyl (C=O) groups is 1.